The Hall–Kier alpha value is -0.610. The van der Waals surface area contributed by atoms with Gasteiger partial charge in [-0.25, -0.2) is 0 Å². The van der Waals surface area contributed by atoms with E-state index in [0.29, 0.717) is 12.5 Å². The molecule has 1 N–H and O–H groups in total. The van der Waals surface area contributed by atoms with Crippen molar-refractivity contribution >= 4 is 5.97 Å². The molecular weight excluding hydrogens is 228 g/mol. The van der Waals surface area contributed by atoms with Crippen LogP contribution in [-0.2, 0) is 4.79 Å². The summed E-state index contributed by atoms with van der Waals surface area (Å²) >= 11 is 0. The first kappa shape index (κ1) is 13.8. The Bertz CT molecular complexity index is 302. The van der Waals surface area contributed by atoms with Crippen molar-refractivity contribution in [3.8, 4) is 0 Å². The molecule has 2 atom stereocenters. The number of piperidine rings is 2. The first-order chi connectivity index (χ1) is 8.53. The predicted molar refractivity (Wildman–Crippen MR) is 71.7 cm³/mol. The van der Waals surface area contributed by atoms with Crippen molar-refractivity contribution in [3.05, 3.63) is 0 Å². The maximum absolute atomic E-state index is 11.3. The summed E-state index contributed by atoms with van der Waals surface area (Å²) in [5.74, 6) is -0.641. The van der Waals surface area contributed by atoms with Crippen molar-refractivity contribution in [1.29, 1.82) is 0 Å². The number of nitrogens with zero attached hydrogens (tertiary/aromatic N) is 2. The van der Waals surface area contributed by atoms with E-state index in [0.717, 1.165) is 32.5 Å². The Morgan fingerprint density at radius 3 is 2.50 bits per heavy atom. The predicted octanol–water partition coefficient (Wildman–Crippen LogP) is 1.80. The zero-order chi connectivity index (χ0) is 13.2. The molecule has 2 heterocycles. The van der Waals surface area contributed by atoms with Gasteiger partial charge in [-0.3, -0.25) is 9.69 Å². The van der Waals surface area contributed by atoms with Gasteiger partial charge in [0.05, 0.1) is 6.42 Å². The van der Waals surface area contributed by atoms with Gasteiger partial charge < -0.3 is 10.0 Å². The van der Waals surface area contributed by atoms with Crippen LogP contribution in [0.1, 0.15) is 45.4 Å². The van der Waals surface area contributed by atoms with Gasteiger partial charge in [-0.15, -0.1) is 0 Å². The van der Waals surface area contributed by atoms with Crippen molar-refractivity contribution in [3.63, 3.8) is 0 Å². The number of hydrogen-bond donors (Lipinski definition) is 1. The molecule has 104 valence electrons. The first-order valence-electron chi connectivity index (χ1n) is 7.21. The molecule has 2 aliphatic rings. The number of carboxylic acid groups (broad SMARTS) is 1. The average Bonchev–Trinajstić information content (AvgIpc) is 2.34. The third-order valence-corrected chi connectivity index (χ3v) is 4.86. The maximum Gasteiger partial charge on any atom is 0.305 e. The minimum Gasteiger partial charge on any atom is -0.481 e. The third kappa shape index (κ3) is 2.86. The summed E-state index contributed by atoms with van der Waals surface area (Å²) in [4.78, 5) is 16.1. The molecule has 4 nitrogen and oxygen atoms in total. The normalized spacial score (nSPS) is 35.6. The van der Waals surface area contributed by atoms with Gasteiger partial charge in [0.2, 0.25) is 0 Å². The molecule has 2 saturated heterocycles. The van der Waals surface area contributed by atoms with Crippen LogP contribution < -0.4 is 0 Å². The van der Waals surface area contributed by atoms with Crippen LogP contribution in [0, 0.1) is 0 Å². The fraction of sp³-hybridized carbons (Fsp3) is 0.929. The second-order valence-electron chi connectivity index (χ2n) is 6.13. The Labute approximate surface area is 110 Å². The molecule has 0 aromatic heterocycles. The van der Waals surface area contributed by atoms with Crippen LogP contribution in [-0.4, -0.2) is 59.1 Å². The number of carboxylic acids is 1. The van der Waals surface area contributed by atoms with Crippen molar-refractivity contribution in [2.75, 3.05) is 26.7 Å². The van der Waals surface area contributed by atoms with Gasteiger partial charge in [-0.05, 0) is 59.3 Å². The van der Waals surface area contributed by atoms with E-state index in [1.165, 1.54) is 19.3 Å². The summed E-state index contributed by atoms with van der Waals surface area (Å²) in [5.41, 5.74) is -0.0851. The van der Waals surface area contributed by atoms with E-state index in [2.05, 4.69) is 23.8 Å². The summed E-state index contributed by atoms with van der Waals surface area (Å²) in [6, 6.07) is 0.486. The van der Waals surface area contributed by atoms with Crippen LogP contribution in [0.25, 0.3) is 0 Å². The van der Waals surface area contributed by atoms with E-state index in [1.807, 2.05) is 0 Å². The van der Waals surface area contributed by atoms with Crippen LogP contribution in [0.3, 0.4) is 0 Å². The van der Waals surface area contributed by atoms with Gasteiger partial charge in [-0.1, -0.05) is 6.42 Å². The van der Waals surface area contributed by atoms with Crippen LogP contribution in [0.5, 0.6) is 0 Å². The second-order valence-corrected chi connectivity index (χ2v) is 6.13. The minimum absolute atomic E-state index is 0.0851. The number of hydrogen-bond acceptors (Lipinski definition) is 3. The van der Waals surface area contributed by atoms with E-state index < -0.39 is 5.97 Å². The molecule has 0 spiro atoms. The Balaban J connectivity index is 2.14. The van der Waals surface area contributed by atoms with Crippen LogP contribution in [0.15, 0.2) is 0 Å². The number of likely N-dealkylation sites (tertiary alicyclic amines) is 2. The van der Waals surface area contributed by atoms with Crippen molar-refractivity contribution in [2.24, 2.45) is 0 Å². The third-order valence-electron chi connectivity index (χ3n) is 4.86. The Morgan fingerprint density at radius 2 is 1.94 bits per heavy atom. The molecule has 2 aliphatic heterocycles. The van der Waals surface area contributed by atoms with E-state index in [1.54, 1.807) is 0 Å². The van der Waals surface area contributed by atoms with Gasteiger partial charge in [0.15, 0.2) is 0 Å². The lowest BCUT2D eigenvalue weighted by Gasteiger charge is -2.51. The summed E-state index contributed by atoms with van der Waals surface area (Å²) in [7, 11) is 2.14. The molecule has 0 aromatic carbocycles. The molecule has 2 rings (SSSR count). The summed E-state index contributed by atoms with van der Waals surface area (Å²) in [6.45, 7) is 5.41. The highest BCUT2D eigenvalue weighted by Gasteiger charge is 2.43. The molecule has 0 saturated carbocycles. The number of carbonyl (C=O) groups is 1. The molecule has 2 fully saturated rings. The maximum atomic E-state index is 11.3. The van der Waals surface area contributed by atoms with Crippen molar-refractivity contribution in [2.45, 2.75) is 57.0 Å². The topological polar surface area (TPSA) is 43.8 Å². The molecule has 0 bridgehead atoms. The van der Waals surface area contributed by atoms with Crippen LogP contribution in [0.4, 0.5) is 0 Å². The quantitative estimate of drug-likeness (QED) is 0.834. The van der Waals surface area contributed by atoms with Gasteiger partial charge >= 0.3 is 5.97 Å². The molecule has 2 unspecified atom stereocenters. The first-order valence-corrected chi connectivity index (χ1v) is 7.21. The summed E-state index contributed by atoms with van der Waals surface area (Å²) in [6.07, 6.45) is 6.06. The fourth-order valence-electron chi connectivity index (χ4n) is 3.62. The molecule has 0 aliphatic carbocycles. The lowest BCUT2D eigenvalue weighted by molar-refractivity contribution is -0.142. The van der Waals surface area contributed by atoms with Crippen molar-refractivity contribution in [1.82, 2.24) is 9.80 Å². The summed E-state index contributed by atoms with van der Waals surface area (Å²) in [5, 5.41) is 9.27. The smallest absolute Gasteiger partial charge is 0.305 e. The Morgan fingerprint density at radius 1 is 1.28 bits per heavy atom. The van der Waals surface area contributed by atoms with Gasteiger partial charge in [-0.2, -0.15) is 0 Å². The van der Waals surface area contributed by atoms with E-state index in [-0.39, 0.29) is 5.54 Å². The summed E-state index contributed by atoms with van der Waals surface area (Å²) < 4.78 is 0. The molecule has 0 radical (unpaired) electrons. The molecule has 0 aromatic rings. The zero-order valence-electron chi connectivity index (χ0n) is 11.7. The van der Waals surface area contributed by atoms with E-state index >= 15 is 0 Å². The zero-order valence-corrected chi connectivity index (χ0v) is 11.7. The van der Waals surface area contributed by atoms with Gasteiger partial charge in [0, 0.05) is 11.6 Å². The minimum atomic E-state index is -0.641. The molecule has 0 amide bonds. The van der Waals surface area contributed by atoms with E-state index in [9.17, 15) is 9.90 Å². The van der Waals surface area contributed by atoms with Gasteiger partial charge in [0.25, 0.3) is 0 Å². The molecular formula is C14H26N2O2. The van der Waals surface area contributed by atoms with Crippen molar-refractivity contribution < 1.29 is 9.90 Å². The van der Waals surface area contributed by atoms with Crippen LogP contribution in [0.2, 0.25) is 0 Å². The number of rotatable bonds is 3. The lowest BCUT2D eigenvalue weighted by Crippen LogP contribution is -2.59. The second kappa shape index (κ2) is 5.57. The highest BCUT2D eigenvalue weighted by atomic mass is 16.4. The van der Waals surface area contributed by atoms with Gasteiger partial charge in [0.1, 0.15) is 0 Å². The largest absolute Gasteiger partial charge is 0.481 e. The Kier molecular flexibility index (Phi) is 4.28. The standard InChI is InChI=1S/C14H26N2O2/c1-12-10-14(11-13(17)18,6-9-15(12)2)16-7-4-3-5-8-16/h12H,3-11H2,1-2H3,(H,17,18). The highest BCUT2D eigenvalue weighted by molar-refractivity contribution is 5.68. The highest BCUT2D eigenvalue weighted by Crippen LogP contribution is 2.36. The SMILES string of the molecule is CC1CC(CC(=O)O)(N2CCCCC2)CCN1C. The lowest BCUT2D eigenvalue weighted by atomic mass is 9.78. The van der Waals surface area contributed by atoms with E-state index in [4.69, 9.17) is 0 Å². The molecule has 4 heteroatoms. The van der Waals surface area contributed by atoms with Crippen LogP contribution >= 0.6 is 0 Å². The monoisotopic (exact) mass is 254 g/mol. The number of aliphatic carboxylic acids is 1. The average molecular weight is 254 g/mol. The fourth-order valence-corrected chi connectivity index (χ4v) is 3.62. The molecule has 18 heavy (non-hydrogen) atoms.